The third kappa shape index (κ3) is 2.94. The van der Waals surface area contributed by atoms with Crippen molar-refractivity contribution in [1.82, 2.24) is 14.5 Å². The molecule has 2 aromatic heterocycles. The first kappa shape index (κ1) is 13.0. The van der Waals surface area contributed by atoms with Gasteiger partial charge in [0, 0.05) is 23.8 Å². The Morgan fingerprint density at radius 1 is 1.19 bits per heavy atom. The van der Waals surface area contributed by atoms with Crippen molar-refractivity contribution in [2.45, 2.75) is 0 Å². The quantitative estimate of drug-likeness (QED) is 0.751. The number of nitrogens with one attached hydrogen (secondary N) is 1. The molecule has 0 bridgehead atoms. The van der Waals surface area contributed by atoms with Gasteiger partial charge in [0.2, 0.25) is 5.95 Å². The maximum absolute atomic E-state index is 13.0. The summed E-state index contributed by atoms with van der Waals surface area (Å²) in [5.74, 6) is -1.15. The van der Waals surface area contributed by atoms with Crippen molar-refractivity contribution in [3.63, 3.8) is 0 Å². The summed E-state index contributed by atoms with van der Waals surface area (Å²) in [4.78, 5) is 19.5. The molecule has 0 fully saturated rings. The van der Waals surface area contributed by atoms with E-state index in [1.165, 1.54) is 18.2 Å². The number of hydrogen-bond donors (Lipinski definition) is 1. The second-order valence-electron chi connectivity index (χ2n) is 4.32. The van der Waals surface area contributed by atoms with Crippen LogP contribution in [0, 0.1) is 5.95 Å². The zero-order valence-corrected chi connectivity index (χ0v) is 10.9. The predicted molar refractivity (Wildman–Crippen MR) is 75.7 cm³/mol. The number of benzene rings is 1. The van der Waals surface area contributed by atoms with E-state index < -0.39 is 11.9 Å². The Hall–Kier alpha value is -3.02. The summed E-state index contributed by atoms with van der Waals surface area (Å²) in [6.07, 6.45) is 5.13. The summed E-state index contributed by atoms with van der Waals surface area (Å²) >= 11 is 0. The number of carbonyl (C=O) groups excluding carboxylic acids is 1. The lowest BCUT2D eigenvalue weighted by Crippen LogP contribution is -2.14. The highest BCUT2D eigenvalue weighted by atomic mass is 19.1. The third-order valence-corrected chi connectivity index (χ3v) is 2.85. The van der Waals surface area contributed by atoms with Crippen molar-refractivity contribution in [2.75, 3.05) is 5.32 Å². The Kier molecular flexibility index (Phi) is 3.42. The summed E-state index contributed by atoms with van der Waals surface area (Å²) in [6.45, 7) is 0. The average Bonchev–Trinajstić information content (AvgIpc) is 3.02. The molecule has 6 heteroatoms. The number of pyridine rings is 1. The fourth-order valence-corrected chi connectivity index (χ4v) is 1.89. The highest BCUT2D eigenvalue weighted by molar-refractivity contribution is 6.02. The fourth-order valence-electron chi connectivity index (χ4n) is 1.89. The van der Waals surface area contributed by atoms with Crippen LogP contribution in [0.25, 0.3) is 5.69 Å². The maximum atomic E-state index is 13.0. The summed E-state index contributed by atoms with van der Waals surface area (Å²) in [5, 5.41) is 2.69. The van der Waals surface area contributed by atoms with Crippen molar-refractivity contribution >= 4 is 11.6 Å². The molecule has 0 aliphatic carbocycles. The zero-order valence-electron chi connectivity index (χ0n) is 10.9. The van der Waals surface area contributed by atoms with Crippen LogP contribution in [0.1, 0.15) is 10.5 Å². The molecule has 1 amide bonds. The highest BCUT2D eigenvalue weighted by Crippen LogP contribution is 2.15. The molecular weight excluding hydrogens is 271 g/mol. The van der Waals surface area contributed by atoms with Crippen molar-refractivity contribution < 1.29 is 9.18 Å². The van der Waals surface area contributed by atoms with Crippen LogP contribution in [-0.4, -0.2) is 20.4 Å². The lowest BCUT2D eigenvalue weighted by molar-refractivity contribution is 0.102. The van der Waals surface area contributed by atoms with Crippen molar-refractivity contribution in [2.24, 2.45) is 0 Å². The fraction of sp³-hybridized carbons (Fsp3) is 0. The van der Waals surface area contributed by atoms with E-state index in [9.17, 15) is 9.18 Å². The van der Waals surface area contributed by atoms with E-state index in [1.54, 1.807) is 30.9 Å². The molecule has 1 aromatic carbocycles. The average molecular weight is 282 g/mol. The second kappa shape index (κ2) is 5.54. The first-order chi connectivity index (χ1) is 10.2. The first-order valence-electron chi connectivity index (χ1n) is 6.25. The molecule has 0 aliphatic heterocycles. The first-order valence-corrected chi connectivity index (χ1v) is 6.25. The van der Waals surface area contributed by atoms with Crippen LogP contribution < -0.4 is 5.32 Å². The minimum absolute atomic E-state index is 0.0306. The van der Waals surface area contributed by atoms with Crippen LogP contribution in [0.15, 0.2) is 61.2 Å². The highest BCUT2D eigenvalue weighted by Gasteiger charge is 2.09. The monoisotopic (exact) mass is 282 g/mol. The van der Waals surface area contributed by atoms with E-state index in [0.29, 0.717) is 5.69 Å². The van der Waals surface area contributed by atoms with Gasteiger partial charge in [-0.2, -0.15) is 4.39 Å². The van der Waals surface area contributed by atoms with Gasteiger partial charge in [-0.05, 0) is 30.3 Å². The summed E-state index contributed by atoms with van der Waals surface area (Å²) in [5.41, 5.74) is 1.48. The summed E-state index contributed by atoms with van der Waals surface area (Å²) in [7, 11) is 0. The third-order valence-electron chi connectivity index (χ3n) is 2.85. The molecule has 0 unspecified atom stereocenters. The number of carbonyl (C=O) groups is 1. The van der Waals surface area contributed by atoms with Gasteiger partial charge in [0.25, 0.3) is 5.91 Å². The number of rotatable bonds is 3. The standard InChI is InChI=1S/C15H11FN4O/c16-14-6-2-5-13(19-14)15(21)18-11-3-1-4-12(9-11)20-8-7-17-10-20/h1-10H,(H,18,21). The Balaban J connectivity index is 1.82. The van der Waals surface area contributed by atoms with Gasteiger partial charge in [-0.25, -0.2) is 9.97 Å². The summed E-state index contributed by atoms with van der Waals surface area (Å²) in [6, 6.07) is 11.3. The van der Waals surface area contributed by atoms with Gasteiger partial charge in [0.05, 0.1) is 6.33 Å². The molecule has 0 radical (unpaired) electrons. The van der Waals surface area contributed by atoms with Crippen LogP contribution in [0.5, 0.6) is 0 Å². The predicted octanol–water partition coefficient (Wildman–Crippen LogP) is 2.66. The van der Waals surface area contributed by atoms with Crippen LogP contribution in [-0.2, 0) is 0 Å². The van der Waals surface area contributed by atoms with Crippen LogP contribution >= 0.6 is 0 Å². The maximum Gasteiger partial charge on any atom is 0.274 e. The van der Waals surface area contributed by atoms with Gasteiger partial charge < -0.3 is 9.88 Å². The van der Waals surface area contributed by atoms with E-state index in [-0.39, 0.29) is 5.69 Å². The SMILES string of the molecule is O=C(Nc1cccc(-n2ccnc2)c1)c1cccc(F)n1. The lowest BCUT2D eigenvalue weighted by Gasteiger charge is -2.07. The molecule has 5 nitrogen and oxygen atoms in total. The van der Waals surface area contributed by atoms with Crippen molar-refractivity contribution in [3.8, 4) is 5.69 Å². The van der Waals surface area contributed by atoms with Crippen molar-refractivity contribution in [1.29, 1.82) is 0 Å². The molecule has 0 saturated carbocycles. The molecule has 1 N–H and O–H groups in total. The normalized spacial score (nSPS) is 10.3. The Labute approximate surface area is 120 Å². The Bertz CT molecular complexity index is 771. The minimum atomic E-state index is -0.685. The number of imidazole rings is 1. The number of nitrogens with zero attached hydrogens (tertiary/aromatic N) is 3. The van der Waals surface area contributed by atoms with E-state index >= 15 is 0 Å². The van der Waals surface area contributed by atoms with E-state index in [0.717, 1.165) is 5.69 Å². The molecule has 0 atom stereocenters. The van der Waals surface area contributed by atoms with Crippen LogP contribution in [0.2, 0.25) is 0 Å². The van der Waals surface area contributed by atoms with Gasteiger partial charge in [0.15, 0.2) is 0 Å². The van der Waals surface area contributed by atoms with Crippen LogP contribution in [0.3, 0.4) is 0 Å². The van der Waals surface area contributed by atoms with Gasteiger partial charge >= 0.3 is 0 Å². The summed E-state index contributed by atoms with van der Waals surface area (Å²) < 4.78 is 14.8. The number of amides is 1. The topological polar surface area (TPSA) is 59.8 Å². The number of halogens is 1. The van der Waals surface area contributed by atoms with Gasteiger partial charge in [-0.15, -0.1) is 0 Å². The molecule has 0 spiro atoms. The van der Waals surface area contributed by atoms with E-state index in [4.69, 9.17) is 0 Å². The number of anilines is 1. The molecule has 104 valence electrons. The van der Waals surface area contributed by atoms with E-state index in [1.807, 2.05) is 16.7 Å². The largest absolute Gasteiger partial charge is 0.321 e. The Morgan fingerprint density at radius 2 is 2.05 bits per heavy atom. The zero-order chi connectivity index (χ0) is 14.7. The van der Waals surface area contributed by atoms with Crippen LogP contribution in [0.4, 0.5) is 10.1 Å². The smallest absolute Gasteiger partial charge is 0.274 e. The Morgan fingerprint density at radius 3 is 2.81 bits per heavy atom. The molecule has 0 aliphatic rings. The number of hydrogen-bond acceptors (Lipinski definition) is 3. The molecule has 2 heterocycles. The minimum Gasteiger partial charge on any atom is -0.321 e. The molecule has 21 heavy (non-hydrogen) atoms. The van der Waals surface area contributed by atoms with E-state index in [2.05, 4.69) is 15.3 Å². The lowest BCUT2D eigenvalue weighted by atomic mass is 10.2. The molecule has 0 saturated heterocycles. The van der Waals surface area contributed by atoms with Gasteiger partial charge in [-0.3, -0.25) is 4.79 Å². The van der Waals surface area contributed by atoms with Gasteiger partial charge in [-0.1, -0.05) is 12.1 Å². The van der Waals surface area contributed by atoms with Gasteiger partial charge in [0.1, 0.15) is 5.69 Å². The van der Waals surface area contributed by atoms with Crippen molar-refractivity contribution in [3.05, 3.63) is 72.8 Å². The molecule has 3 aromatic rings. The molecular formula is C15H11FN4O. The molecule has 3 rings (SSSR count). The number of aromatic nitrogens is 3. The second-order valence-corrected chi connectivity index (χ2v) is 4.32.